The highest BCUT2D eigenvalue weighted by Gasteiger charge is 2.22. The standard InChI is InChI=1S/C21H17F3N4O5S/c1-9-12(16-17(30)27(2)21(31)28(3)18(16)32-9)7-15(29)26-20-25-14(8-34-20)11-5-4-10(6-13(11)22)33-19(23)24/h4-6,8,19H,7H2,1-3H3,(H,25,26,29). The van der Waals surface area contributed by atoms with Crippen LogP contribution in [0.3, 0.4) is 0 Å². The lowest BCUT2D eigenvalue weighted by Gasteiger charge is -2.06. The maximum atomic E-state index is 14.3. The van der Waals surface area contributed by atoms with Gasteiger partial charge in [0.1, 0.15) is 22.7 Å². The molecule has 4 rings (SSSR count). The van der Waals surface area contributed by atoms with Gasteiger partial charge in [0.05, 0.1) is 12.1 Å². The molecule has 0 aliphatic rings. The number of rotatable bonds is 6. The van der Waals surface area contributed by atoms with Gasteiger partial charge < -0.3 is 14.5 Å². The third kappa shape index (κ3) is 4.21. The number of nitrogens with one attached hydrogen (secondary N) is 1. The van der Waals surface area contributed by atoms with E-state index < -0.39 is 29.6 Å². The Morgan fingerprint density at radius 3 is 2.68 bits per heavy atom. The van der Waals surface area contributed by atoms with Gasteiger partial charge in [-0.3, -0.25) is 18.7 Å². The first kappa shape index (κ1) is 23.3. The van der Waals surface area contributed by atoms with E-state index in [0.717, 1.165) is 22.0 Å². The van der Waals surface area contributed by atoms with Gasteiger partial charge in [-0.05, 0) is 19.1 Å². The zero-order valence-electron chi connectivity index (χ0n) is 18.0. The van der Waals surface area contributed by atoms with Crippen LogP contribution in [0.5, 0.6) is 5.75 Å². The van der Waals surface area contributed by atoms with Crippen LogP contribution in [0.2, 0.25) is 0 Å². The number of hydrogen-bond acceptors (Lipinski definition) is 7. The van der Waals surface area contributed by atoms with Crippen molar-refractivity contribution in [2.24, 2.45) is 14.1 Å². The second-order valence-corrected chi connectivity index (χ2v) is 8.16. The van der Waals surface area contributed by atoms with Gasteiger partial charge in [0.2, 0.25) is 11.6 Å². The summed E-state index contributed by atoms with van der Waals surface area (Å²) >= 11 is 1.03. The molecule has 13 heteroatoms. The summed E-state index contributed by atoms with van der Waals surface area (Å²) in [5.41, 5.74) is -0.502. The highest BCUT2D eigenvalue weighted by molar-refractivity contribution is 7.14. The third-order valence-corrected chi connectivity index (χ3v) is 5.87. The van der Waals surface area contributed by atoms with Gasteiger partial charge in [-0.1, -0.05) is 0 Å². The number of aryl methyl sites for hydroxylation is 2. The van der Waals surface area contributed by atoms with Crippen LogP contribution >= 0.6 is 11.3 Å². The lowest BCUT2D eigenvalue weighted by atomic mass is 10.1. The Hall–Kier alpha value is -3.87. The summed E-state index contributed by atoms with van der Waals surface area (Å²) in [5.74, 6) is -1.34. The second-order valence-electron chi connectivity index (χ2n) is 7.31. The molecule has 3 heterocycles. The van der Waals surface area contributed by atoms with E-state index >= 15 is 0 Å². The smallest absolute Gasteiger partial charge is 0.387 e. The number of carbonyl (C=O) groups is 1. The molecule has 0 aliphatic carbocycles. The monoisotopic (exact) mass is 494 g/mol. The van der Waals surface area contributed by atoms with Gasteiger partial charge in [0, 0.05) is 36.7 Å². The molecule has 0 atom stereocenters. The molecule has 1 amide bonds. The minimum atomic E-state index is -3.08. The molecule has 0 unspecified atom stereocenters. The molecule has 1 N–H and O–H groups in total. The Labute approximate surface area is 193 Å². The minimum Gasteiger partial charge on any atom is -0.444 e. The van der Waals surface area contributed by atoms with E-state index in [1.54, 1.807) is 6.92 Å². The average Bonchev–Trinajstić information content (AvgIpc) is 3.35. The molecule has 34 heavy (non-hydrogen) atoms. The predicted octanol–water partition coefficient (Wildman–Crippen LogP) is 3.18. The van der Waals surface area contributed by atoms with Gasteiger partial charge in [-0.15, -0.1) is 11.3 Å². The average molecular weight is 494 g/mol. The number of amides is 1. The van der Waals surface area contributed by atoms with Crippen molar-refractivity contribution in [2.75, 3.05) is 5.32 Å². The highest BCUT2D eigenvalue weighted by atomic mass is 32.1. The molecule has 9 nitrogen and oxygen atoms in total. The van der Waals surface area contributed by atoms with Gasteiger partial charge >= 0.3 is 12.3 Å². The molecular weight excluding hydrogens is 477 g/mol. The molecule has 0 aliphatic heterocycles. The zero-order chi connectivity index (χ0) is 24.7. The number of alkyl halides is 2. The number of furan rings is 1. The minimum absolute atomic E-state index is 0.0412. The molecule has 0 radical (unpaired) electrons. The Morgan fingerprint density at radius 1 is 1.26 bits per heavy atom. The summed E-state index contributed by atoms with van der Waals surface area (Å²) in [6, 6.07) is 3.25. The predicted molar refractivity (Wildman–Crippen MR) is 118 cm³/mol. The first-order valence-corrected chi connectivity index (χ1v) is 10.6. The molecule has 4 aromatic rings. The van der Waals surface area contributed by atoms with E-state index in [4.69, 9.17) is 4.42 Å². The van der Waals surface area contributed by atoms with E-state index in [0.29, 0.717) is 11.3 Å². The zero-order valence-corrected chi connectivity index (χ0v) is 18.8. The van der Waals surface area contributed by atoms with Crippen molar-refractivity contribution in [3.63, 3.8) is 0 Å². The van der Waals surface area contributed by atoms with Crippen molar-refractivity contribution >= 4 is 33.5 Å². The summed E-state index contributed by atoms with van der Waals surface area (Å²) in [6.45, 7) is -1.49. The largest absolute Gasteiger partial charge is 0.444 e. The Balaban J connectivity index is 1.56. The number of halogens is 3. The topological polar surface area (TPSA) is 108 Å². The molecule has 0 bridgehead atoms. The van der Waals surface area contributed by atoms with Crippen LogP contribution in [0.1, 0.15) is 11.3 Å². The van der Waals surface area contributed by atoms with Crippen LogP contribution in [0, 0.1) is 12.7 Å². The summed E-state index contributed by atoms with van der Waals surface area (Å²) in [6.07, 6.45) is -0.227. The number of fused-ring (bicyclic) bond motifs is 1. The molecule has 0 spiro atoms. The molecule has 1 aromatic carbocycles. The number of nitrogens with zero attached hydrogens (tertiary/aromatic N) is 3. The van der Waals surface area contributed by atoms with Crippen LogP contribution in [-0.4, -0.2) is 26.6 Å². The molecule has 0 saturated heterocycles. The number of ether oxygens (including phenoxy) is 1. The number of aromatic nitrogens is 3. The lowest BCUT2D eigenvalue weighted by molar-refractivity contribution is -0.115. The third-order valence-electron chi connectivity index (χ3n) is 5.12. The Morgan fingerprint density at radius 2 is 2.00 bits per heavy atom. The van der Waals surface area contributed by atoms with Gasteiger partial charge in [-0.25, -0.2) is 14.2 Å². The summed E-state index contributed by atoms with van der Waals surface area (Å²) in [4.78, 5) is 41.5. The number of carbonyl (C=O) groups excluding carboxylic acids is 1. The van der Waals surface area contributed by atoms with Crippen molar-refractivity contribution in [1.29, 1.82) is 0 Å². The second kappa shape index (κ2) is 8.82. The quantitative estimate of drug-likeness (QED) is 0.441. The van der Waals surface area contributed by atoms with Crippen molar-refractivity contribution in [3.8, 4) is 17.0 Å². The van der Waals surface area contributed by atoms with E-state index in [1.807, 2.05) is 0 Å². The Kier molecular flexibility index (Phi) is 6.04. The van der Waals surface area contributed by atoms with E-state index in [2.05, 4.69) is 15.0 Å². The van der Waals surface area contributed by atoms with Crippen molar-refractivity contribution in [2.45, 2.75) is 20.0 Å². The van der Waals surface area contributed by atoms with Crippen LogP contribution in [0.15, 0.2) is 37.6 Å². The summed E-state index contributed by atoms with van der Waals surface area (Å²) in [5, 5.41) is 4.37. The number of thiazole rings is 1. The molecular formula is C21H17F3N4O5S. The van der Waals surface area contributed by atoms with Crippen LogP contribution < -0.4 is 21.3 Å². The van der Waals surface area contributed by atoms with Gasteiger partial charge in [-0.2, -0.15) is 8.78 Å². The Bertz CT molecular complexity index is 1540. The highest BCUT2D eigenvalue weighted by Crippen LogP contribution is 2.30. The summed E-state index contributed by atoms with van der Waals surface area (Å²) in [7, 11) is 2.79. The maximum absolute atomic E-state index is 14.3. The lowest BCUT2D eigenvalue weighted by Crippen LogP contribution is -2.36. The fourth-order valence-corrected chi connectivity index (χ4v) is 4.18. The number of hydrogen-bond donors (Lipinski definition) is 1. The first-order chi connectivity index (χ1) is 16.1. The van der Waals surface area contributed by atoms with Crippen LogP contribution in [0.25, 0.3) is 22.4 Å². The SMILES string of the molecule is Cc1oc2c(c1CC(=O)Nc1nc(-c3ccc(OC(F)F)cc3F)cs1)c(=O)n(C)c(=O)n2C. The maximum Gasteiger partial charge on any atom is 0.387 e. The van der Waals surface area contributed by atoms with Crippen molar-refractivity contribution in [1.82, 2.24) is 14.1 Å². The molecule has 0 fully saturated rings. The fraction of sp³-hybridized carbons (Fsp3) is 0.238. The van der Waals surface area contributed by atoms with E-state index in [-0.39, 0.29) is 39.7 Å². The van der Waals surface area contributed by atoms with E-state index in [9.17, 15) is 27.6 Å². The van der Waals surface area contributed by atoms with E-state index in [1.165, 1.54) is 36.2 Å². The summed E-state index contributed by atoms with van der Waals surface area (Å²) < 4.78 is 50.7. The van der Waals surface area contributed by atoms with Gasteiger partial charge in [0.25, 0.3) is 5.56 Å². The molecule has 3 aromatic heterocycles. The number of anilines is 1. The van der Waals surface area contributed by atoms with Gasteiger partial charge in [0.15, 0.2) is 5.13 Å². The van der Waals surface area contributed by atoms with Crippen molar-refractivity contribution in [3.05, 3.63) is 61.6 Å². The fourth-order valence-electron chi connectivity index (χ4n) is 3.46. The van der Waals surface area contributed by atoms with Crippen LogP contribution in [-0.2, 0) is 25.3 Å². The van der Waals surface area contributed by atoms with Crippen LogP contribution in [0.4, 0.5) is 18.3 Å². The van der Waals surface area contributed by atoms with Crippen molar-refractivity contribution < 1.29 is 27.1 Å². The number of benzene rings is 1. The first-order valence-electron chi connectivity index (χ1n) is 9.75. The molecule has 178 valence electrons. The molecule has 0 saturated carbocycles. The normalized spacial score (nSPS) is 11.4.